The van der Waals surface area contributed by atoms with E-state index in [0.29, 0.717) is 12.5 Å². The van der Waals surface area contributed by atoms with Gasteiger partial charge in [0.1, 0.15) is 17.2 Å². The van der Waals surface area contributed by atoms with Crippen LogP contribution in [0.15, 0.2) is 12.3 Å². The molecule has 1 saturated carbocycles. The number of nitrogens with zero attached hydrogens (tertiary/aromatic N) is 2. The number of hydrogen-bond donors (Lipinski definition) is 1. The van der Waals surface area contributed by atoms with Crippen molar-refractivity contribution in [3.05, 3.63) is 22.8 Å². The molecule has 0 radical (unpaired) electrons. The predicted molar refractivity (Wildman–Crippen MR) is 81.0 cm³/mol. The van der Waals surface area contributed by atoms with Gasteiger partial charge in [-0.05, 0) is 24.8 Å². The Morgan fingerprint density at radius 1 is 1.48 bits per heavy atom. The molecule has 1 aromatic rings. The van der Waals surface area contributed by atoms with Gasteiger partial charge in [0.25, 0.3) is 5.91 Å². The molecule has 1 aliphatic heterocycles. The summed E-state index contributed by atoms with van der Waals surface area (Å²) in [5.41, 5.74) is 5.41. The van der Waals surface area contributed by atoms with Gasteiger partial charge in [-0.3, -0.25) is 9.59 Å². The first-order chi connectivity index (χ1) is 11.0. The fraction of sp³-hybridized carbons (Fsp3) is 0.533. The molecule has 3 rings (SSSR count). The molecule has 1 aromatic heterocycles. The molecule has 0 unspecified atom stereocenters. The highest BCUT2D eigenvalue weighted by molar-refractivity contribution is 6.32. The first-order valence-corrected chi connectivity index (χ1v) is 7.86. The zero-order valence-electron chi connectivity index (χ0n) is 12.4. The number of primary amides is 1. The van der Waals surface area contributed by atoms with Crippen LogP contribution >= 0.6 is 11.6 Å². The van der Waals surface area contributed by atoms with E-state index < -0.39 is 24.0 Å². The molecule has 23 heavy (non-hydrogen) atoms. The molecule has 8 heteroatoms. The molecule has 2 aliphatic rings. The van der Waals surface area contributed by atoms with E-state index in [9.17, 15) is 14.0 Å². The fourth-order valence-electron chi connectivity index (χ4n) is 2.57. The average Bonchev–Trinajstić information content (AvgIpc) is 3.25. The van der Waals surface area contributed by atoms with Gasteiger partial charge in [0.05, 0.1) is 18.7 Å². The Labute approximate surface area is 137 Å². The van der Waals surface area contributed by atoms with E-state index in [1.807, 2.05) is 0 Å². The number of pyridine rings is 1. The van der Waals surface area contributed by atoms with Crippen molar-refractivity contribution < 1.29 is 18.7 Å². The van der Waals surface area contributed by atoms with Crippen molar-refractivity contribution in [3.63, 3.8) is 0 Å². The quantitative estimate of drug-likeness (QED) is 0.880. The molecule has 6 nitrogen and oxygen atoms in total. The van der Waals surface area contributed by atoms with Gasteiger partial charge in [-0.2, -0.15) is 0 Å². The van der Waals surface area contributed by atoms with Crippen LogP contribution in [-0.4, -0.2) is 47.1 Å². The summed E-state index contributed by atoms with van der Waals surface area (Å²) in [6, 6.07) is 0.477. The van der Waals surface area contributed by atoms with Crippen LogP contribution in [0.2, 0.25) is 5.02 Å². The second-order valence-corrected chi connectivity index (χ2v) is 6.38. The zero-order valence-corrected chi connectivity index (χ0v) is 13.1. The molecular formula is C15H17ClFN3O3. The second-order valence-electron chi connectivity index (χ2n) is 5.97. The van der Waals surface area contributed by atoms with E-state index in [1.54, 1.807) is 0 Å². The third-order valence-electron chi connectivity index (χ3n) is 4.05. The van der Waals surface area contributed by atoms with E-state index >= 15 is 0 Å². The van der Waals surface area contributed by atoms with Crippen LogP contribution in [-0.2, 0) is 4.79 Å². The molecule has 0 bridgehead atoms. The Bertz CT molecular complexity index is 638. The van der Waals surface area contributed by atoms with Crippen molar-refractivity contribution >= 4 is 23.4 Å². The van der Waals surface area contributed by atoms with Gasteiger partial charge in [-0.15, -0.1) is 0 Å². The van der Waals surface area contributed by atoms with Crippen molar-refractivity contribution in [2.45, 2.75) is 31.5 Å². The number of carbonyl (C=O) groups is 2. The molecule has 1 aliphatic carbocycles. The predicted octanol–water partition coefficient (Wildman–Crippen LogP) is 1.56. The molecule has 1 saturated heterocycles. The highest BCUT2D eigenvalue weighted by atomic mass is 35.5. The lowest BCUT2D eigenvalue weighted by Gasteiger charge is -2.21. The first kappa shape index (κ1) is 16.0. The van der Waals surface area contributed by atoms with Crippen molar-refractivity contribution in [2.24, 2.45) is 11.7 Å². The van der Waals surface area contributed by atoms with Crippen molar-refractivity contribution in [1.29, 1.82) is 0 Å². The van der Waals surface area contributed by atoms with Crippen LogP contribution in [0.3, 0.4) is 0 Å². The highest BCUT2D eigenvalue weighted by Gasteiger charge is 2.39. The largest absolute Gasteiger partial charge is 0.476 e. The lowest BCUT2D eigenvalue weighted by Crippen LogP contribution is -2.43. The zero-order chi connectivity index (χ0) is 16.6. The molecule has 124 valence electrons. The average molecular weight is 342 g/mol. The van der Waals surface area contributed by atoms with Gasteiger partial charge in [0.15, 0.2) is 0 Å². The lowest BCUT2D eigenvalue weighted by molar-refractivity contribution is -0.121. The summed E-state index contributed by atoms with van der Waals surface area (Å²) < 4.78 is 19.0. The number of amides is 2. The van der Waals surface area contributed by atoms with Gasteiger partial charge in [-0.1, -0.05) is 11.6 Å². The SMILES string of the molecule is NC(=O)[C@@H]1C[C@@H](F)CN1C(=O)c1cnc(OCC2CC2)c(Cl)c1. The van der Waals surface area contributed by atoms with Gasteiger partial charge in [0.2, 0.25) is 11.8 Å². The topological polar surface area (TPSA) is 85.5 Å². The molecule has 2 fully saturated rings. The number of halogens is 2. The molecular weight excluding hydrogens is 325 g/mol. The molecule has 2 amide bonds. The van der Waals surface area contributed by atoms with Crippen molar-refractivity contribution in [2.75, 3.05) is 13.2 Å². The van der Waals surface area contributed by atoms with E-state index in [2.05, 4.69) is 4.98 Å². The number of rotatable bonds is 5. The van der Waals surface area contributed by atoms with E-state index in [4.69, 9.17) is 22.1 Å². The molecule has 2 N–H and O–H groups in total. The summed E-state index contributed by atoms with van der Waals surface area (Å²) in [6.07, 6.45) is 2.26. The van der Waals surface area contributed by atoms with E-state index in [1.165, 1.54) is 12.3 Å². The summed E-state index contributed by atoms with van der Waals surface area (Å²) in [7, 11) is 0. The minimum atomic E-state index is -1.26. The Hall–Kier alpha value is -1.89. The van der Waals surface area contributed by atoms with Crippen LogP contribution in [0, 0.1) is 5.92 Å². The van der Waals surface area contributed by atoms with E-state index in [-0.39, 0.29) is 29.4 Å². The standard InChI is InChI=1S/C15H17ClFN3O3/c16-11-3-9(5-19-14(11)23-7-8-1-2-8)15(22)20-6-10(17)4-12(20)13(18)21/h3,5,8,10,12H,1-2,4,6-7H2,(H2,18,21)/t10-,12+/m1/s1. The molecule has 0 spiro atoms. The maximum Gasteiger partial charge on any atom is 0.256 e. The number of alkyl halides is 1. The number of nitrogens with two attached hydrogens (primary N) is 1. The Morgan fingerprint density at radius 3 is 2.83 bits per heavy atom. The Balaban J connectivity index is 1.73. The van der Waals surface area contributed by atoms with Crippen LogP contribution in [0.25, 0.3) is 0 Å². The molecule has 2 atom stereocenters. The normalized spacial score (nSPS) is 23.8. The number of likely N-dealkylation sites (tertiary alicyclic amines) is 1. The van der Waals surface area contributed by atoms with Crippen LogP contribution in [0.1, 0.15) is 29.6 Å². The minimum absolute atomic E-state index is 0.0786. The fourth-order valence-corrected chi connectivity index (χ4v) is 2.80. The Kier molecular flexibility index (Phi) is 4.39. The number of hydrogen-bond acceptors (Lipinski definition) is 4. The third kappa shape index (κ3) is 3.55. The van der Waals surface area contributed by atoms with Crippen molar-refractivity contribution in [3.8, 4) is 5.88 Å². The van der Waals surface area contributed by atoms with Gasteiger partial charge < -0.3 is 15.4 Å². The smallest absolute Gasteiger partial charge is 0.256 e. The van der Waals surface area contributed by atoms with Crippen LogP contribution in [0.4, 0.5) is 4.39 Å². The monoisotopic (exact) mass is 341 g/mol. The second kappa shape index (κ2) is 6.31. The lowest BCUT2D eigenvalue weighted by atomic mass is 10.2. The summed E-state index contributed by atoms with van der Waals surface area (Å²) in [5, 5.41) is 0.211. The van der Waals surface area contributed by atoms with Gasteiger partial charge in [0, 0.05) is 12.6 Å². The van der Waals surface area contributed by atoms with Gasteiger partial charge in [-0.25, -0.2) is 9.37 Å². The first-order valence-electron chi connectivity index (χ1n) is 7.48. The molecule has 0 aromatic carbocycles. The number of aromatic nitrogens is 1. The van der Waals surface area contributed by atoms with Gasteiger partial charge >= 0.3 is 0 Å². The third-order valence-corrected chi connectivity index (χ3v) is 4.32. The summed E-state index contributed by atoms with van der Waals surface area (Å²) in [6.45, 7) is 0.392. The Morgan fingerprint density at radius 2 is 2.22 bits per heavy atom. The van der Waals surface area contributed by atoms with Crippen molar-refractivity contribution in [1.82, 2.24) is 9.88 Å². The summed E-state index contributed by atoms with van der Waals surface area (Å²) in [5.74, 6) is -0.415. The maximum absolute atomic E-state index is 13.5. The number of carbonyl (C=O) groups excluding carboxylic acids is 2. The minimum Gasteiger partial charge on any atom is -0.476 e. The highest BCUT2D eigenvalue weighted by Crippen LogP contribution is 2.31. The maximum atomic E-state index is 13.5. The summed E-state index contributed by atoms with van der Waals surface area (Å²) in [4.78, 5) is 29.0. The summed E-state index contributed by atoms with van der Waals surface area (Å²) >= 11 is 6.09. The van der Waals surface area contributed by atoms with Crippen LogP contribution in [0.5, 0.6) is 5.88 Å². The number of ether oxygens (including phenoxy) is 1. The van der Waals surface area contributed by atoms with E-state index in [0.717, 1.165) is 17.7 Å². The molecule has 2 heterocycles. The van der Waals surface area contributed by atoms with Crippen LogP contribution < -0.4 is 10.5 Å².